The Morgan fingerprint density at radius 1 is 1.24 bits per heavy atom. The van der Waals surface area contributed by atoms with Crippen molar-refractivity contribution in [3.05, 3.63) is 54.4 Å². The van der Waals surface area contributed by atoms with E-state index in [0.29, 0.717) is 27.7 Å². The third kappa shape index (κ3) is 6.60. The van der Waals surface area contributed by atoms with Gasteiger partial charge in [0.15, 0.2) is 15.7 Å². The van der Waals surface area contributed by atoms with Crippen molar-refractivity contribution in [1.82, 2.24) is 25.1 Å². The Bertz CT molecular complexity index is 1420. The number of benzene rings is 1. The van der Waals surface area contributed by atoms with Crippen LogP contribution in [-0.2, 0) is 9.84 Å². The number of fused-ring (bicyclic) bond motifs is 1. The summed E-state index contributed by atoms with van der Waals surface area (Å²) in [6.07, 6.45) is 4.98. The molecule has 1 aliphatic heterocycles. The number of halogens is 1. The molecule has 1 aliphatic rings. The van der Waals surface area contributed by atoms with Crippen molar-refractivity contribution in [3.8, 4) is 23.2 Å². The van der Waals surface area contributed by atoms with E-state index in [2.05, 4.69) is 32.1 Å². The number of aromatic nitrogens is 2. The van der Waals surface area contributed by atoms with Crippen LogP contribution in [0.25, 0.3) is 22.2 Å². The SMILES string of the molecule is CN1CCN(C=CCS(=O)(=O)c2ccc(-c3c(O)[nH]c4ccc(C(=O)NCCC#N)cc34)nc2)CC1.Cl. The quantitative estimate of drug-likeness (QED) is 0.367. The molecule has 1 fully saturated rings. The van der Waals surface area contributed by atoms with Crippen LogP contribution in [0.5, 0.6) is 5.88 Å². The highest BCUT2D eigenvalue weighted by atomic mass is 35.5. The van der Waals surface area contributed by atoms with Crippen molar-refractivity contribution in [2.45, 2.75) is 11.3 Å². The maximum absolute atomic E-state index is 12.8. The first-order chi connectivity index (χ1) is 17.3. The first-order valence-corrected chi connectivity index (χ1v) is 13.2. The summed E-state index contributed by atoms with van der Waals surface area (Å²) >= 11 is 0. The van der Waals surface area contributed by atoms with Gasteiger partial charge in [-0.2, -0.15) is 5.26 Å². The molecule has 10 nitrogen and oxygen atoms in total. The maximum atomic E-state index is 12.8. The van der Waals surface area contributed by atoms with Gasteiger partial charge in [0, 0.05) is 55.4 Å². The lowest BCUT2D eigenvalue weighted by molar-refractivity contribution is 0.0954. The van der Waals surface area contributed by atoms with Crippen molar-refractivity contribution >= 4 is 39.1 Å². The largest absolute Gasteiger partial charge is 0.494 e. The Morgan fingerprint density at radius 2 is 2.00 bits per heavy atom. The van der Waals surface area contributed by atoms with Gasteiger partial charge in [0.2, 0.25) is 0 Å². The summed E-state index contributed by atoms with van der Waals surface area (Å²) in [5.74, 6) is -0.605. The van der Waals surface area contributed by atoms with Gasteiger partial charge in [-0.3, -0.25) is 9.78 Å². The average molecular weight is 545 g/mol. The van der Waals surface area contributed by atoms with E-state index >= 15 is 0 Å². The molecular weight excluding hydrogens is 516 g/mol. The van der Waals surface area contributed by atoms with Gasteiger partial charge in [-0.15, -0.1) is 12.4 Å². The summed E-state index contributed by atoms with van der Waals surface area (Å²) in [6.45, 7) is 3.84. The first-order valence-electron chi connectivity index (χ1n) is 11.6. The standard InChI is InChI=1S/C25H28N6O4S.ClH/c1-30-11-13-31(14-12-30)10-3-15-36(34,35)19-5-7-22(28-17-19)23-20-16-18(24(32)27-9-2-8-26)4-6-21(20)29-25(23)33;/h3-7,10,16-17,29,33H,2,9,11-15H2,1H3,(H,27,32);1H. The van der Waals surface area contributed by atoms with Crippen molar-refractivity contribution < 1.29 is 18.3 Å². The number of sulfone groups is 1. The molecule has 0 spiro atoms. The highest BCUT2D eigenvalue weighted by molar-refractivity contribution is 7.91. The van der Waals surface area contributed by atoms with Crippen molar-refractivity contribution in [3.63, 3.8) is 0 Å². The van der Waals surface area contributed by atoms with E-state index < -0.39 is 9.84 Å². The molecule has 0 radical (unpaired) electrons. The zero-order valence-corrected chi connectivity index (χ0v) is 22.0. The molecule has 1 saturated heterocycles. The summed E-state index contributed by atoms with van der Waals surface area (Å²) in [4.78, 5) is 24.0. The number of nitrogens with one attached hydrogen (secondary N) is 2. The number of likely N-dealkylation sites (N-methyl/N-ethyl adjacent to an activating group) is 1. The third-order valence-corrected chi connectivity index (χ3v) is 7.68. The van der Waals surface area contributed by atoms with Gasteiger partial charge in [0.1, 0.15) is 0 Å². The summed E-state index contributed by atoms with van der Waals surface area (Å²) < 4.78 is 25.6. The highest BCUT2D eigenvalue weighted by Crippen LogP contribution is 2.36. The minimum atomic E-state index is -3.57. The lowest BCUT2D eigenvalue weighted by Gasteiger charge is -2.31. The van der Waals surface area contributed by atoms with Gasteiger partial charge in [-0.05, 0) is 43.6 Å². The van der Waals surface area contributed by atoms with E-state index in [1.165, 1.54) is 12.3 Å². The van der Waals surface area contributed by atoms with Crippen molar-refractivity contribution in [1.29, 1.82) is 5.26 Å². The highest BCUT2D eigenvalue weighted by Gasteiger charge is 2.19. The van der Waals surface area contributed by atoms with Crippen LogP contribution < -0.4 is 5.32 Å². The topological polar surface area (TPSA) is 142 Å². The lowest BCUT2D eigenvalue weighted by Crippen LogP contribution is -2.41. The van der Waals surface area contributed by atoms with Crippen LogP contribution in [0.4, 0.5) is 0 Å². The van der Waals surface area contributed by atoms with E-state index in [1.54, 1.807) is 30.3 Å². The fourth-order valence-corrected chi connectivity index (χ4v) is 5.03. The van der Waals surface area contributed by atoms with E-state index in [-0.39, 0.29) is 47.8 Å². The van der Waals surface area contributed by atoms with Crippen LogP contribution in [0, 0.1) is 11.3 Å². The summed E-state index contributed by atoms with van der Waals surface area (Å²) in [6, 6.07) is 9.89. The van der Waals surface area contributed by atoms with Crippen molar-refractivity contribution in [2.75, 3.05) is 45.5 Å². The molecule has 1 amide bonds. The number of piperazine rings is 1. The number of hydrogen-bond donors (Lipinski definition) is 3. The number of amides is 1. The van der Waals surface area contributed by atoms with E-state index in [9.17, 15) is 18.3 Å². The first kappa shape index (κ1) is 28.0. The number of aromatic hydroxyl groups is 1. The minimum absolute atomic E-state index is 0. The van der Waals surface area contributed by atoms with E-state index in [1.807, 2.05) is 12.3 Å². The molecule has 0 bridgehead atoms. The van der Waals surface area contributed by atoms with Crippen LogP contribution in [0.2, 0.25) is 0 Å². The molecule has 12 heteroatoms. The second-order valence-corrected chi connectivity index (χ2v) is 10.7. The molecule has 3 aromatic rings. The molecule has 0 saturated carbocycles. The minimum Gasteiger partial charge on any atom is -0.494 e. The Kier molecular flexibility index (Phi) is 9.15. The smallest absolute Gasteiger partial charge is 0.251 e. The summed E-state index contributed by atoms with van der Waals surface area (Å²) in [5.41, 5.74) is 1.71. The van der Waals surface area contributed by atoms with Crippen LogP contribution in [0.3, 0.4) is 0 Å². The number of hydrogen-bond acceptors (Lipinski definition) is 8. The Hall–Kier alpha value is -3.59. The summed E-state index contributed by atoms with van der Waals surface area (Å²) in [5, 5.41) is 22.4. The monoisotopic (exact) mass is 544 g/mol. The van der Waals surface area contributed by atoms with Gasteiger partial charge >= 0.3 is 0 Å². The number of nitriles is 1. The number of nitrogens with zero attached hydrogens (tertiary/aromatic N) is 4. The number of aromatic amines is 1. The predicted octanol–water partition coefficient (Wildman–Crippen LogP) is 2.54. The van der Waals surface area contributed by atoms with Gasteiger partial charge in [0.25, 0.3) is 5.91 Å². The van der Waals surface area contributed by atoms with Gasteiger partial charge in [-0.1, -0.05) is 6.08 Å². The predicted molar refractivity (Wildman–Crippen MR) is 143 cm³/mol. The normalized spacial score (nSPS) is 14.4. The Balaban J connectivity index is 0.00000380. The molecule has 0 aliphatic carbocycles. The lowest BCUT2D eigenvalue weighted by atomic mass is 10.1. The molecule has 2 aromatic heterocycles. The van der Waals surface area contributed by atoms with Gasteiger partial charge in [-0.25, -0.2) is 8.42 Å². The van der Waals surface area contributed by atoms with Gasteiger partial charge in [0.05, 0.1) is 34.4 Å². The number of carbonyl (C=O) groups is 1. The second-order valence-electron chi connectivity index (χ2n) is 8.66. The molecule has 0 atom stereocenters. The zero-order valence-electron chi connectivity index (χ0n) is 20.3. The molecule has 37 heavy (non-hydrogen) atoms. The van der Waals surface area contributed by atoms with Crippen LogP contribution >= 0.6 is 12.4 Å². The van der Waals surface area contributed by atoms with Crippen LogP contribution in [0.1, 0.15) is 16.8 Å². The summed E-state index contributed by atoms with van der Waals surface area (Å²) in [7, 11) is -1.51. The number of H-pyrrole nitrogens is 1. The number of carbonyl (C=O) groups excluding carboxylic acids is 1. The molecule has 196 valence electrons. The molecule has 0 unspecified atom stereocenters. The number of rotatable bonds is 8. The number of pyridine rings is 1. The average Bonchev–Trinajstić information content (AvgIpc) is 3.20. The fraction of sp³-hybridized carbons (Fsp3) is 0.320. The Morgan fingerprint density at radius 3 is 2.68 bits per heavy atom. The zero-order chi connectivity index (χ0) is 25.7. The molecular formula is C25H29ClN6O4S. The van der Waals surface area contributed by atoms with E-state index in [0.717, 1.165) is 26.2 Å². The molecule has 1 aromatic carbocycles. The molecule has 3 N–H and O–H groups in total. The van der Waals surface area contributed by atoms with Crippen LogP contribution in [-0.4, -0.2) is 84.7 Å². The van der Waals surface area contributed by atoms with Crippen molar-refractivity contribution in [2.24, 2.45) is 0 Å². The molecule has 4 rings (SSSR count). The van der Waals surface area contributed by atoms with E-state index in [4.69, 9.17) is 5.26 Å². The van der Waals surface area contributed by atoms with Gasteiger partial charge < -0.3 is 25.2 Å². The Labute approximate surface area is 221 Å². The third-order valence-electron chi connectivity index (χ3n) is 6.08. The fourth-order valence-electron chi connectivity index (χ4n) is 4.01. The van der Waals surface area contributed by atoms with Crippen LogP contribution in [0.15, 0.2) is 53.7 Å². The second kappa shape index (κ2) is 12.1. The molecule has 3 heterocycles. The maximum Gasteiger partial charge on any atom is 0.251 e.